The van der Waals surface area contributed by atoms with Crippen LogP contribution in [0.2, 0.25) is 0 Å². The highest BCUT2D eigenvalue weighted by Gasteiger charge is 2.14. The van der Waals surface area contributed by atoms with Crippen LogP contribution >= 0.6 is 11.3 Å². The van der Waals surface area contributed by atoms with Gasteiger partial charge in [0.15, 0.2) is 0 Å². The summed E-state index contributed by atoms with van der Waals surface area (Å²) >= 11 is 1.41. The Morgan fingerprint density at radius 2 is 1.92 bits per heavy atom. The molecule has 0 aliphatic rings. The molecule has 0 saturated heterocycles. The highest BCUT2D eigenvalue weighted by Crippen LogP contribution is 2.31. The molecule has 5 nitrogen and oxygen atoms in total. The molecule has 0 fully saturated rings. The van der Waals surface area contributed by atoms with Gasteiger partial charge in [0.25, 0.3) is 0 Å². The number of aromatic nitrogens is 2. The van der Waals surface area contributed by atoms with E-state index in [1.807, 2.05) is 48.1 Å². The maximum atomic E-state index is 11.6. The number of rotatable bonds is 5. The first kappa shape index (κ1) is 16.3. The largest absolute Gasteiger partial charge is 0.497 e. The van der Waals surface area contributed by atoms with E-state index in [-0.39, 0.29) is 5.97 Å². The van der Waals surface area contributed by atoms with Crippen molar-refractivity contribution in [1.82, 2.24) is 9.78 Å². The van der Waals surface area contributed by atoms with E-state index in [1.165, 1.54) is 18.4 Å². The zero-order valence-electron chi connectivity index (χ0n) is 13.8. The molecule has 0 saturated carbocycles. The minimum absolute atomic E-state index is 0.311. The quantitative estimate of drug-likeness (QED) is 0.663. The van der Waals surface area contributed by atoms with Crippen LogP contribution in [0.4, 0.5) is 0 Å². The third kappa shape index (κ3) is 3.19. The normalized spacial score (nSPS) is 10.6. The van der Waals surface area contributed by atoms with E-state index in [1.54, 1.807) is 13.2 Å². The fourth-order valence-electron chi connectivity index (χ4n) is 2.44. The molecule has 0 bridgehead atoms. The third-order valence-electron chi connectivity index (χ3n) is 3.85. The average Bonchev–Trinajstić information content (AvgIpc) is 3.22. The maximum Gasteiger partial charge on any atom is 0.348 e. The minimum Gasteiger partial charge on any atom is -0.497 e. The minimum atomic E-state index is -0.311. The number of carbonyl (C=O) groups is 1. The molecular weight excluding hydrogens is 324 g/mol. The zero-order valence-corrected chi connectivity index (χ0v) is 14.6. The molecule has 0 aliphatic heterocycles. The first-order valence-electron chi connectivity index (χ1n) is 7.46. The number of esters is 1. The Labute approximate surface area is 144 Å². The van der Waals surface area contributed by atoms with Crippen molar-refractivity contribution in [2.24, 2.45) is 0 Å². The number of methoxy groups -OCH3 is 2. The molecule has 0 unspecified atom stereocenters. The number of thiophene rings is 1. The summed E-state index contributed by atoms with van der Waals surface area (Å²) in [7, 11) is 3.04. The van der Waals surface area contributed by atoms with Crippen LogP contribution in [0.25, 0.3) is 10.4 Å². The molecular formula is C18H18N2O3S. The van der Waals surface area contributed by atoms with E-state index in [4.69, 9.17) is 9.47 Å². The monoisotopic (exact) mass is 342 g/mol. The van der Waals surface area contributed by atoms with Crippen LogP contribution in [0.15, 0.2) is 42.6 Å². The van der Waals surface area contributed by atoms with Crippen LogP contribution in [0.1, 0.15) is 20.9 Å². The zero-order chi connectivity index (χ0) is 17.1. The van der Waals surface area contributed by atoms with Crippen molar-refractivity contribution < 1.29 is 14.3 Å². The molecule has 1 aromatic carbocycles. The molecule has 3 aromatic rings. The van der Waals surface area contributed by atoms with Gasteiger partial charge in [0.05, 0.1) is 27.0 Å². The lowest BCUT2D eigenvalue weighted by Crippen LogP contribution is -2.03. The summed E-state index contributed by atoms with van der Waals surface area (Å²) in [4.78, 5) is 13.2. The van der Waals surface area contributed by atoms with Crippen molar-refractivity contribution >= 4 is 17.3 Å². The summed E-state index contributed by atoms with van der Waals surface area (Å²) in [5, 5.41) is 4.48. The molecule has 2 aromatic heterocycles. The molecule has 0 atom stereocenters. The van der Waals surface area contributed by atoms with Crippen molar-refractivity contribution in [1.29, 1.82) is 0 Å². The molecule has 0 spiro atoms. The van der Waals surface area contributed by atoms with Crippen molar-refractivity contribution in [3.63, 3.8) is 0 Å². The lowest BCUT2D eigenvalue weighted by atomic mass is 10.2. The maximum absolute atomic E-state index is 11.6. The van der Waals surface area contributed by atoms with Crippen LogP contribution in [0.5, 0.6) is 5.75 Å². The van der Waals surface area contributed by atoms with Crippen molar-refractivity contribution in [3.8, 4) is 16.2 Å². The Bertz CT molecular complexity index is 850. The summed E-state index contributed by atoms with van der Waals surface area (Å²) < 4.78 is 11.9. The predicted molar refractivity (Wildman–Crippen MR) is 93.7 cm³/mol. The van der Waals surface area contributed by atoms with Crippen LogP contribution in [-0.2, 0) is 11.3 Å². The van der Waals surface area contributed by atoms with E-state index in [0.29, 0.717) is 11.4 Å². The van der Waals surface area contributed by atoms with Gasteiger partial charge < -0.3 is 9.47 Å². The molecule has 0 aliphatic carbocycles. The van der Waals surface area contributed by atoms with Gasteiger partial charge in [0, 0.05) is 16.1 Å². The summed E-state index contributed by atoms with van der Waals surface area (Å²) in [6, 6.07) is 11.7. The van der Waals surface area contributed by atoms with Gasteiger partial charge in [0.2, 0.25) is 0 Å². The van der Waals surface area contributed by atoms with Crippen LogP contribution in [0.3, 0.4) is 0 Å². The first-order chi connectivity index (χ1) is 11.6. The van der Waals surface area contributed by atoms with Crippen molar-refractivity contribution in [2.75, 3.05) is 14.2 Å². The fraction of sp³-hybridized carbons (Fsp3) is 0.222. The second kappa shape index (κ2) is 6.88. The smallest absolute Gasteiger partial charge is 0.348 e. The van der Waals surface area contributed by atoms with Gasteiger partial charge >= 0.3 is 5.97 Å². The van der Waals surface area contributed by atoms with E-state index < -0.39 is 0 Å². The first-order valence-corrected chi connectivity index (χ1v) is 8.28. The molecule has 6 heteroatoms. The third-order valence-corrected chi connectivity index (χ3v) is 4.95. The number of hydrogen-bond donors (Lipinski definition) is 0. The Kier molecular flexibility index (Phi) is 4.66. The summed E-state index contributed by atoms with van der Waals surface area (Å²) in [6.45, 7) is 2.72. The lowest BCUT2D eigenvalue weighted by molar-refractivity contribution is 0.0606. The van der Waals surface area contributed by atoms with Gasteiger partial charge in [-0.1, -0.05) is 12.1 Å². The Morgan fingerprint density at radius 3 is 2.58 bits per heavy atom. The second-order valence-electron chi connectivity index (χ2n) is 5.30. The van der Waals surface area contributed by atoms with E-state index in [0.717, 1.165) is 27.4 Å². The van der Waals surface area contributed by atoms with Crippen LogP contribution in [0, 0.1) is 6.92 Å². The van der Waals surface area contributed by atoms with E-state index >= 15 is 0 Å². The highest BCUT2D eigenvalue weighted by atomic mass is 32.1. The van der Waals surface area contributed by atoms with Gasteiger partial charge in [-0.15, -0.1) is 11.3 Å². The molecule has 0 radical (unpaired) electrons. The topological polar surface area (TPSA) is 53.3 Å². The molecule has 0 N–H and O–H groups in total. The molecule has 24 heavy (non-hydrogen) atoms. The number of carbonyl (C=O) groups excluding carboxylic acids is 1. The summed E-state index contributed by atoms with van der Waals surface area (Å²) in [5.74, 6) is 0.528. The number of ether oxygens (including phenoxy) is 2. The Morgan fingerprint density at radius 1 is 1.17 bits per heavy atom. The summed E-state index contributed by atoms with van der Waals surface area (Å²) in [6.07, 6.45) is 1.84. The number of benzene rings is 1. The van der Waals surface area contributed by atoms with Gasteiger partial charge in [-0.25, -0.2) is 4.79 Å². The van der Waals surface area contributed by atoms with Gasteiger partial charge in [-0.2, -0.15) is 5.10 Å². The standard InChI is InChI=1S/C18H18N2O3S/c1-12-15(16-8-9-17(24-16)18(21)23-3)10-19-20(12)11-13-4-6-14(22-2)7-5-13/h4-10H,11H2,1-3H3. The summed E-state index contributed by atoms with van der Waals surface area (Å²) in [5.41, 5.74) is 3.24. The van der Waals surface area contributed by atoms with Crippen LogP contribution in [-0.4, -0.2) is 30.0 Å². The molecule has 0 amide bonds. The van der Waals surface area contributed by atoms with Gasteiger partial charge in [-0.05, 0) is 36.8 Å². The number of hydrogen-bond acceptors (Lipinski definition) is 5. The van der Waals surface area contributed by atoms with Gasteiger partial charge in [0.1, 0.15) is 10.6 Å². The van der Waals surface area contributed by atoms with Crippen molar-refractivity contribution in [2.45, 2.75) is 13.5 Å². The van der Waals surface area contributed by atoms with E-state index in [9.17, 15) is 4.79 Å². The SMILES string of the molecule is COC(=O)c1ccc(-c2cnn(Cc3ccc(OC)cc3)c2C)s1. The van der Waals surface area contributed by atoms with Crippen LogP contribution < -0.4 is 4.74 Å². The van der Waals surface area contributed by atoms with Gasteiger partial charge in [-0.3, -0.25) is 4.68 Å². The Balaban J connectivity index is 1.82. The average molecular weight is 342 g/mol. The fourth-order valence-corrected chi connectivity index (χ4v) is 3.43. The molecule has 2 heterocycles. The van der Waals surface area contributed by atoms with E-state index in [2.05, 4.69) is 5.10 Å². The number of nitrogens with zero attached hydrogens (tertiary/aromatic N) is 2. The molecule has 124 valence electrons. The highest BCUT2D eigenvalue weighted by molar-refractivity contribution is 7.17. The second-order valence-corrected chi connectivity index (χ2v) is 6.39. The lowest BCUT2D eigenvalue weighted by Gasteiger charge is -2.06. The molecule has 3 rings (SSSR count). The predicted octanol–water partition coefficient (Wildman–Crippen LogP) is 3.76. The Hall–Kier alpha value is -2.60. The van der Waals surface area contributed by atoms with Crippen molar-refractivity contribution in [3.05, 3.63) is 58.7 Å².